The third kappa shape index (κ3) is 1.93. The van der Waals surface area contributed by atoms with Gasteiger partial charge in [0.15, 0.2) is 0 Å². The molecule has 0 fully saturated rings. The molecule has 1 N–H and O–H groups in total. The highest BCUT2D eigenvalue weighted by Gasteiger charge is 2.12. The molecule has 0 saturated carbocycles. The number of aryl methyl sites for hydroxylation is 3. The summed E-state index contributed by atoms with van der Waals surface area (Å²) in [6.45, 7) is 3.97. The van der Waals surface area contributed by atoms with Crippen molar-refractivity contribution in [2.45, 2.75) is 26.7 Å². The summed E-state index contributed by atoms with van der Waals surface area (Å²) in [6.07, 6.45) is 4.15. The molecule has 0 aliphatic rings. The van der Waals surface area contributed by atoms with Gasteiger partial charge in [-0.05, 0) is 36.6 Å². The number of nitrogens with zero attached hydrogens (tertiary/aromatic N) is 1. The van der Waals surface area contributed by atoms with Gasteiger partial charge in [-0.25, -0.2) is 4.79 Å². The van der Waals surface area contributed by atoms with E-state index in [9.17, 15) is 4.79 Å². The smallest absolute Gasteiger partial charge is 0.335 e. The highest BCUT2D eigenvalue weighted by molar-refractivity contribution is 5.96. The van der Waals surface area contributed by atoms with Gasteiger partial charge in [0.25, 0.3) is 0 Å². The van der Waals surface area contributed by atoms with Gasteiger partial charge in [0.2, 0.25) is 0 Å². The minimum atomic E-state index is -0.851. The largest absolute Gasteiger partial charge is 0.478 e. The Morgan fingerprint density at radius 1 is 1.41 bits per heavy atom. The van der Waals surface area contributed by atoms with Crippen LogP contribution in [-0.4, -0.2) is 15.6 Å². The molecule has 0 amide bonds. The zero-order valence-electron chi connectivity index (χ0n) is 10.4. The SMILES string of the molecule is CCCc1cn(C)c2cc(C)c(C(=O)O)cc12. The van der Waals surface area contributed by atoms with Gasteiger partial charge in [0, 0.05) is 24.1 Å². The fraction of sp³-hybridized carbons (Fsp3) is 0.357. The summed E-state index contributed by atoms with van der Waals surface area (Å²) in [5.74, 6) is -0.851. The van der Waals surface area contributed by atoms with E-state index < -0.39 is 5.97 Å². The molecule has 2 rings (SSSR count). The van der Waals surface area contributed by atoms with Crippen LogP contribution >= 0.6 is 0 Å². The van der Waals surface area contributed by atoms with Gasteiger partial charge in [-0.2, -0.15) is 0 Å². The van der Waals surface area contributed by atoms with Gasteiger partial charge < -0.3 is 9.67 Å². The van der Waals surface area contributed by atoms with E-state index in [1.165, 1.54) is 5.56 Å². The van der Waals surface area contributed by atoms with Gasteiger partial charge in [0.1, 0.15) is 0 Å². The maximum atomic E-state index is 11.1. The molecule has 0 unspecified atom stereocenters. The first-order valence-corrected chi connectivity index (χ1v) is 5.86. The van der Waals surface area contributed by atoms with Crippen molar-refractivity contribution in [1.82, 2.24) is 4.57 Å². The first-order chi connectivity index (χ1) is 8.04. The van der Waals surface area contributed by atoms with Crippen molar-refractivity contribution in [2.24, 2.45) is 7.05 Å². The second-order valence-corrected chi connectivity index (χ2v) is 4.50. The van der Waals surface area contributed by atoms with E-state index in [2.05, 4.69) is 17.7 Å². The summed E-state index contributed by atoms with van der Waals surface area (Å²) in [7, 11) is 2.00. The van der Waals surface area contributed by atoms with Crippen LogP contribution in [0.5, 0.6) is 0 Å². The molecule has 1 aromatic carbocycles. The minimum absolute atomic E-state index is 0.404. The molecule has 0 atom stereocenters. The van der Waals surface area contributed by atoms with E-state index in [0.29, 0.717) is 5.56 Å². The van der Waals surface area contributed by atoms with Gasteiger partial charge in [-0.3, -0.25) is 0 Å². The van der Waals surface area contributed by atoms with Crippen LogP contribution in [-0.2, 0) is 13.5 Å². The number of aromatic carboxylic acids is 1. The van der Waals surface area contributed by atoms with Crippen LogP contribution in [0.1, 0.15) is 34.8 Å². The summed E-state index contributed by atoms with van der Waals surface area (Å²) in [5, 5.41) is 10.2. The van der Waals surface area contributed by atoms with Crippen LogP contribution in [0.15, 0.2) is 18.3 Å². The lowest BCUT2D eigenvalue weighted by Gasteiger charge is -2.03. The summed E-state index contributed by atoms with van der Waals surface area (Å²) in [5.41, 5.74) is 3.55. The third-order valence-electron chi connectivity index (χ3n) is 3.17. The highest BCUT2D eigenvalue weighted by Crippen LogP contribution is 2.25. The molecule has 3 nitrogen and oxygen atoms in total. The molecule has 2 aromatic rings. The highest BCUT2D eigenvalue weighted by atomic mass is 16.4. The molecule has 0 radical (unpaired) electrons. The lowest BCUT2D eigenvalue weighted by atomic mass is 10.0. The van der Waals surface area contributed by atoms with Crippen LogP contribution < -0.4 is 0 Å². The van der Waals surface area contributed by atoms with E-state index in [1.807, 2.05) is 20.0 Å². The van der Waals surface area contributed by atoms with Crippen LogP contribution in [0.25, 0.3) is 10.9 Å². The Bertz CT molecular complexity index is 581. The molecule has 17 heavy (non-hydrogen) atoms. The zero-order valence-corrected chi connectivity index (χ0v) is 10.4. The van der Waals surface area contributed by atoms with Crippen molar-refractivity contribution in [2.75, 3.05) is 0 Å². The lowest BCUT2D eigenvalue weighted by molar-refractivity contribution is 0.0696. The monoisotopic (exact) mass is 231 g/mol. The number of hydrogen-bond acceptors (Lipinski definition) is 1. The number of carboxylic acid groups (broad SMARTS) is 1. The number of fused-ring (bicyclic) bond motifs is 1. The molecule has 3 heteroatoms. The Morgan fingerprint density at radius 2 is 2.12 bits per heavy atom. The quantitative estimate of drug-likeness (QED) is 0.881. The molecular weight excluding hydrogens is 214 g/mol. The summed E-state index contributed by atoms with van der Waals surface area (Å²) >= 11 is 0. The van der Waals surface area contributed by atoms with E-state index in [4.69, 9.17) is 5.11 Å². The average molecular weight is 231 g/mol. The average Bonchev–Trinajstić information content (AvgIpc) is 2.55. The Labute approximate surface area is 101 Å². The van der Waals surface area contributed by atoms with Crippen molar-refractivity contribution in [3.05, 3.63) is 35.0 Å². The molecule has 0 bridgehead atoms. The van der Waals surface area contributed by atoms with Crippen molar-refractivity contribution < 1.29 is 9.90 Å². The molecular formula is C14H17NO2. The second kappa shape index (κ2) is 4.24. The summed E-state index contributed by atoms with van der Waals surface area (Å²) in [4.78, 5) is 11.1. The van der Waals surface area contributed by atoms with Crippen molar-refractivity contribution >= 4 is 16.9 Å². The normalized spacial score (nSPS) is 11.0. The molecule has 0 saturated heterocycles. The fourth-order valence-electron chi connectivity index (χ4n) is 2.31. The number of benzene rings is 1. The second-order valence-electron chi connectivity index (χ2n) is 4.50. The standard InChI is InChI=1S/C14H17NO2/c1-4-5-10-8-15(3)13-6-9(2)11(14(16)17)7-12(10)13/h6-8H,4-5H2,1-3H3,(H,16,17). The first kappa shape index (κ1) is 11.7. The molecule has 0 aliphatic carbocycles. The number of rotatable bonds is 3. The van der Waals surface area contributed by atoms with Crippen molar-refractivity contribution in [3.63, 3.8) is 0 Å². The van der Waals surface area contributed by atoms with E-state index >= 15 is 0 Å². The molecule has 0 spiro atoms. The van der Waals surface area contributed by atoms with Gasteiger partial charge in [0.05, 0.1) is 5.56 Å². The van der Waals surface area contributed by atoms with E-state index in [-0.39, 0.29) is 0 Å². The van der Waals surface area contributed by atoms with E-state index in [1.54, 1.807) is 6.07 Å². The van der Waals surface area contributed by atoms with Crippen LogP contribution in [0.4, 0.5) is 0 Å². The van der Waals surface area contributed by atoms with Crippen LogP contribution in [0, 0.1) is 6.92 Å². The number of aromatic nitrogens is 1. The fourth-order valence-corrected chi connectivity index (χ4v) is 2.31. The minimum Gasteiger partial charge on any atom is -0.478 e. The van der Waals surface area contributed by atoms with Crippen LogP contribution in [0.3, 0.4) is 0 Å². The Kier molecular flexibility index (Phi) is 2.92. The topological polar surface area (TPSA) is 42.2 Å². The van der Waals surface area contributed by atoms with Gasteiger partial charge >= 0.3 is 5.97 Å². The van der Waals surface area contributed by atoms with Crippen LogP contribution in [0.2, 0.25) is 0 Å². The molecule has 0 aliphatic heterocycles. The third-order valence-corrected chi connectivity index (χ3v) is 3.17. The Hall–Kier alpha value is -1.77. The predicted molar refractivity (Wildman–Crippen MR) is 68.6 cm³/mol. The summed E-state index contributed by atoms with van der Waals surface area (Å²) < 4.78 is 2.07. The number of carboxylic acids is 1. The zero-order chi connectivity index (χ0) is 12.6. The molecule has 90 valence electrons. The number of carbonyl (C=O) groups is 1. The predicted octanol–water partition coefficient (Wildman–Crippen LogP) is 3.14. The first-order valence-electron chi connectivity index (χ1n) is 5.86. The van der Waals surface area contributed by atoms with E-state index in [0.717, 1.165) is 29.3 Å². The van der Waals surface area contributed by atoms with Crippen molar-refractivity contribution in [3.8, 4) is 0 Å². The van der Waals surface area contributed by atoms with Gasteiger partial charge in [-0.1, -0.05) is 13.3 Å². The Morgan fingerprint density at radius 3 is 2.71 bits per heavy atom. The number of hydrogen-bond donors (Lipinski definition) is 1. The molecule has 1 heterocycles. The maximum absolute atomic E-state index is 11.1. The lowest BCUT2D eigenvalue weighted by Crippen LogP contribution is -2.00. The maximum Gasteiger partial charge on any atom is 0.335 e. The summed E-state index contributed by atoms with van der Waals surface area (Å²) in [6, 6.07) is 3.76. The molecule has 1 aromatic heterocycles. The van der Waals surface area contributed by atoms with Crippen molar-refractivity contribution in [1.29, 1.82) is 0 Å². The Balaban J connectivity index is 2.72. The van der Waals surface area contributed by atoms with Gasteiger partial charge in [-0.15, -0.1) is 0 Å².